The Morgan fingerprint density at radius 1 is 1.16 bits per heavy atom. The average Bonchev–Trinajstić information content (AvgIpc) is 2.40. The SMILES string of the molecule is COC(=O)CN(CC(=O)OC)c1nc(C)cnc1C. The van der Waals surface area contributed by atoms with Crippen molar-refractivity contribution in [3.8, 4) is 0 Å². The van der Waals surface area contributed by atoms with Gasteiger partial charge in [-0.25, -0.2) is 4.98 Å². The van der Waals surface area contributed by atoms with Crippen LogP contribution in [0.2, 0.25) is 0 Å². The molecular weight excluding hydrogens is 250 g/mol. The van der Waals surface area contributed by atoms with Crippen molar-refractivity contribution in [2.45, 2.75) is 13.8 Å². The van der Waals surface area contributed by atoms with E-state index in [2.05, 4.69) is 19.4 Å². The first-order valence-electron chi connectivity index (χ1n) is 5.66. The van der Waals surface area contributed by atoms with E-state index in [1.54, 1.807) is 20.0 Å². The van der Waals surface area contributed by atoms with E-state index in [1.165, 1.54) is 19.1 Å². The molecule has 0 spiro atoms. The first kappa shape index (κ1) is 14.9. The monoisotopic (exact) mass is 267 g/mol. The number of nitrogens with zero attached hydrogens (tertiary/aromatic N) is 3. The van der Waals surface area contributed by atoms with Crippen LogP contribution in [0.25, 0.3) is 0 Å². The maximum Gasteiger partial charge on any atom is 0.325 e. The van der Waals surface area contributed by atoms with E-state index in [0.29, 0.717) is 17.2 Å². The molecular formula is C12H17N3O4. The molecule has 0 aliphatic heterocycles. The molecule has 0 N–H and O–H groups in total. The van der Waals surface area contributed by atoms with Gasteiger partial charge in [-0.15, -0.1) is 0 Å². The van der Waals surface area contributed by atoms with Gasteiger partial charge in [0.1, 0.15) is 13.1 Å². The highest BCUT2D eigenvalue weighted by Gasteiger charge is 2.19. The van der Waals surface area contributed by atoms with Crippen LogP contribution in [0.5, 0.6) is 0 Å². The lowest BCUT2D eigenvalue weighted by atomic mass is 10.3. The van der Waals surface area contributed by atoms with Crippen LogP contribution in [-0.4, -0.2) is 49.2 Å². The molecule has 0 aliphatic rings. The summed E-state index contributed by atoms with van der Waals surface area (Å²) in [4.78, 5) is 32.7. The van der Waals surface area contributed by atoms with Crippen molar-refractivity contribution in [2.75, 3.05) is 32.2 Å². The summed E-state index contributed by atoms with van der Waals surface area (Å²) in [6.45, 7) is 3.35. The number of carbonyl (C=O) groups excluding carboxylic acids is 2. The van der Waals surface area contributed by atoms with Gasteiger partial charge in [0.25, 0.3) is 0 Å². The van der Waals surface area contributed by atoms with Crippen molar-refractivity contribution in [2.24, 2.45) is 0 Å². The molecule has 7 nitrogen and oxygen atoms in total. The predicted molar refractivity (Wildman–Crippen MR) is 67.8 cm³/mol. The minimum atomic E-state index is -0.466. The van der Waals surface area contributed by atoms with Crippen LogP contribution in [0.4, 0.5) is 5.82 Å². The molecule has 0 amide bonds. The molecule has 0 saturated carbocycles. The number of esters is 2. The third-order valence-electron chi connectivity index (χ3n) is 2.45. The zero-order valence-corrected chi connectivity index (χ0v) is 11.5. The summed E-state index contributed by atoms with van der Waals surface area (Å²) in [5.41, 5.74) is 1.32. The van der Waals surface area contributed by atoms with Crippen molar-refractivity contribution >= 4 is 17.8 Å². The number of methoxy groups -OCH3 is 2. The normalized spacial score (nSPS) is 9.89. The van der Waals surface area contributed by atoms with Gasteiger partial charge in [0.05, 0.1) is 25.6 Å². The molecule has 7 heteroatoms. The second-order valence-electron chi connectivity index (χ2n) is 3.93. The highest BCUT2D eigenvalue weighted by atomic mass is 16.5. The third kappa shape index (κ3) is 4.20. The van der Waals surface area contributed by atoms with Crippen LogP contribution in [0.15, 0.2) is 6.20 Å². The van der Waals surface area contributed by atoms with E-state index in [-0.39, 0.29) is 13.1 Å². The number of aromatic nitrogens is 2. The third-order valence-corrected chi connectivity index (χ3v) is 2.45. The molecule has 0 atom stereocenters. The van der Waals surface area contributed by atoms with E-state index >= 15 is 0 Å². The summed E-state index contributed by atoms with van der Waals surface area (Å²) in [5.74, 6) is -0.464. The lowest BCUT2D eigenvalue weighted by Gasteiger charge is -2.22. The summed E-state index contributed by atoms with van der Waals surface area (Å²) < 4.78 is 9.21. The summed E-state index contributed by atoms with van der Waals surface area (Å²) in [7, 11) is 2.57. The van der Waals surface area contributed by atoms with Crippen LogP contribution in [0.3, 0.4) is 0 Å². The number of ether oxygens (including phenoxy) is 2. The van der Waals surface area contributed by atoms with E-state index in [1.807, 2.05) is 0 Å². The van der Waals surface area contributed by atoms with Crippen molar-refractivity contribution in [1.82, 2.24) is 9.97 Å². The van der Waals surface area contributed by atoms with Crippen molar-refractivity contribution in [3.63, 3.8) is 0 Å². The standard InChI is InChI=1S/C12H17N3O4/c1-8-5-13-9(2)12(14-8)15(6-10(16)18-3)7-11(17)19-4/h5H,6-7H2,1-4H3. The Kier molecular flexibility index (Phi) is 5.23. The molecule has 0 aliphatic carbocycles. The molecule has 0 fully saturated rings. The number of aryl methyl sites for hydroxylation is 2. The fourth-order valence-corrected chi connectivity index (χ4v) is 1.47. The fraction of sp³-hybridized carbons (Fsp3) is 0.500. The van der Waals surface area contributed by atoms with Crippen LogP contribution in [-0.2, 0) is 19.1 Å². The van der Waals surface area contributed by atoms with Gasteiger partial charge in [-0.3, -0.25) is 14.6 Å². The van der Waals surface area contributed by atoms with Crippen molar-refractivity contribution in [3.05, 3.63) is 17.6 Å². The van der Waals surface area contributed by atoms with E-state index in [9.17, 15) is 9.59 Å². The molecule has 0 radical (unpaired) electrons. The number of rotatable bonds is 5. The van der Waals surface area contributed by atoms with E-state index in [4.69, 9.17) is 0 Å². The Morgan fingerprint density at radius 2 is 1.68 bits per heavy atom. The second-order valence-corrected chi connectivity index (χ2v) is 3.93. The Labute approximate surface area is 111 Å². The van der Waals surface area contributed by atoms with Crippen molar-refractivity contribution in [1.29, 1.82) is 0 Å². The maximum absolute atomic E-state index is 11.4. The smallest absolute Gasteiger partial charge is 0.325 e. The molecule has 104 valence electrons. The molecule has 1 heterocycles. The van der Waals surface area contributed by atoms with Crippen LogP contribution in [0.1, 0.15) is 11.4 Å². The summed E-state index contributed by atoms with van der Waals surface area (Å²) in [5, 5.41) is 0. The number of anilines is 1. The summed E-state index contributed by atoms with van der Waals surface area (Å²) in [6.07, 6.45) is 1.62. The van der Waals surface area contributed by atoms with Crippen LogP contribution >= 0.6 is 0 Å². The van der Waals surface area contributed by atoms with Gasteiger partial charge in [-0.1, -0.05) is 0 Å². The Morgan fingerprint density at radius 3 is 2.16 bits per heavy atom. The molecule has 0 unspecified atom stereocenters. The first-order valence-corrected chi connectivity index (χ1v) is 5.66. The molecule has 1 rings (SSSR count). The maximum atomic E-state index is 11.4. The summed E-state index contributed by atoms with van der Waals surface area (Å²) >= 11 is 0. The Hall–Kier alpha value is -2.18. The fourth-order valence-electron chi connectivity index (χ4n) is 1.47. The summed E-state index contributed by atoms with van der Waals surface area (Å²) in [6, 6.07) is 0. The molecule has 0 saturated heterocycles. The topological polar surface area (TPSA) is 81.6 Å². The zero-order chi connectivity index (χ0) is 14.4. The number of hydrogen-bond acceptors (Lipinski definition) is 7. The first-order chi connectivity index (χ1) is 8.97. The van der Waals surface area contributed by atoms with Gasteiger partial charge in [-0.05, 0) is 13.8 Å². The molecule has 0 bridgehead atoms. The Bertz CT molecular complexity index is 458. The van der Waals surface area contributed by atoms with E-state index < -0.39 is 11.9 Å². The van der Waals surface area contributed by atoms with Crippen molar-refractivity contribution < 1.29 is 19.1 Å². The van der Waals surface area contributed by atoms with E-state index in [0.717, 1.165) is 0 Å². The van der Waals surface area contributed by atoms with Crippen LogP contribution in [0, 0.1) is 13.8 Å². The number of hydrogen-bond donors (Lipinski definition) is 0. The lowest BCUT2D eigenvalue weighted by molar-refractivity contribution is -0.140. The average molecular weight is 267 g/mol. The van der Waals surface area contributed by atoms with Crippen LogP contribution < -0.4 is 4.90 Å². The largest absolute Gasteiger partial charge is 0.468 e. The van der Waals surface area contributed by atoms with Gasteiger partial charge in [-0.2, -0.15) is 0 Å². The van der Waals surface area contributed by atoms with Gasteiger partial charge in [0.2, 0.25) is 0 Å². The number of carbonyl (C=O) groups is 2. The van der Waals surface area contributed by atoms with Gasteiger partial charge in [0.15, 0.2) is 5.82 Å². The molecule has 1 aromatic rings. The second kappa shape index (κ2) is 6.67. The predicted octanol–water partition coefficient (Wildman–Crippen LogP) is 0.246. The molecule has 0 aromatic carbocycles. The van der Waals surface area contributed by atoms with Gasteiger partial charge < -0.3 is 14.4 Å². The quantitative estimate of drug-likeness (QED) is 0.707. The minimum Gasteiger partial charge on any atom is -0.468 e. The Balaban J connectivity index is 3.03. The highest BCUT2D eigenvalue weighted by Crippen LogP contribution is 2.15. The van der Waals surface area contributed by atoms with Gasteiger partial charge in [0, 0.05) is 6.20 Å². The zero-order valence-electron chi connectivity index (χ0n) is 11.5. The minimum absolute atomic E-state index is 0.0927. The molecule has 19 heavy (non-hydrogen) atoms. The highest BCUT2D eigenvalue weighted by molar-refractivity contribution is 5.80. The molecule has 1 aromatic heterocycles. The van der Waals surface area contributed by atoms with Gasteiger partial charge >= 0.3 is 11.9 Å². The lowest BCUT2D eigenvalue weighted by Crippen LogP contribution is -2.37.